The number of hydrogen-bond donors (Lipinski definition) is 2. The molecule has 3 N–H and O–H groups in total. The second-order valence-corrected chi connectivity index (χ2v) is 6.41. The minimum atomic E-state index is -1.01. The highest BCUT2D eigenvalue weighted by molar-refractivity contribution is 6.39. The summed E-state index contributed by atoms with van der Waals surface area (Å²) in [6.07, 6.45) is -0.0131. The van der Waals surface area contributed by atoms with Gasteiger partial charge in [0, 0.05) is 5.69 Å². The Morgan fingerprint density at radius 3 is 2.41 bits per heavy atom. The molecule has 2 aromatic rings. The van der Waals surface area contributed by atoms with Gasteiger partial charge in [0.05, 0.1) is 28.8 Å². The van der Waals surface area contributed by atoms with Crippen LogP contribution >= 0.6 is 23.2 Å². The fourth-order valence-electron chi connectivity index (χ4n) is 2.25. The number of para-hydroxylation sites is 2. The molecule has 0 aromatic heterocycles. The molecule has 0 aliphatic carbocycles. The number of hydrogen-bond acceptors (Lipinski definition) is 6. The Balaban J connectivity index is 2.03. The van der Waals surface area contributed by atoms with Crippen LogP contribution in [0, 0.1) is 0 Å². The normalized spacial score (nSPS) is 11.6. The Morgan fingerprint density at radius 1 is 1.07 bits per heavy atom. The van der Waals surface area contributed by atoms with Gasteiger partial charge in [-0.2, -0.15) is 0 Å². The van der Waals surface area contributed by atoms with E-state index in [0.29, 0.717) is 27.0 Å². The summed E-state index contributed by atoms with van der Waals surface area (Å²) < 4.78 is 9.86. The van der Waals surface area contributed by atoms with Crippen LogP contribution in [0.25, 0.3) is 0 Å². The monoisotopic (exact) mass is 410 g/mol. The van der Waals surface area contributed by atoms with Gasteiger partial charge in [-0.1, -0.05) is 47.5 Å². The SMILES string of the molecule is CCOC(=O)[C@@H](N)COC(=O)Cc1ccccc1Nc1c(Cl)cccc1Cl. The van der Waals surface area contributed by atoms with Crippen LogP contribution in [0.15, 0.2) is 42.5 Å². The molecular formula is C19H20Cl2N2O4. The van der Waals surface area contributed by atoms with E-state index in [1.54, 1.807) is 43.3 Å². The smallest absolute Gasteiger partial charge is 0.326 e. The fraction of sp³-hybridized carbons (Fsp3) is 0.263. The number of nitrogens with two attached hydrogens (primary N) is 1. The van der Waals surface area contributed by atoms with E-state index in [9.17, 15) is 9.59 Å². The number of esters is 2. The van der Waals surface area contributed by atoms with E-state index >= 15 is 0 Å². The Morgan fingerprint density at radius 2 is 1.74 bits per heavy atom. The van der Waals surface area contributed by atoms with E-state index in [2.05, 4.69) is 5.32 Å². The first kappa shape index (κ1) is 21.0. The molecule has 0 bridgehead atoms. The molecule has 0 unspecified atom stereocenters. The van der Waals surface area contributed by atoms with Crippen LogP contribution in [0.4, 0.5) is 11.4 Å². The third-order valence-corrected chi connectivity index (χ3v) is 4.22. The van der Waals surface area contributed by atoms with Gasteiger partial charge in [-0.15, -0.1) is 0 Å². The van der Waals surface area contributed by atoms with Crippen molar-refractivity contribution in [2.75, 3.05) is 18.5 Å². The number of benzene rings is 2. The van der Waals surface area contributed by atoms with Gasteiger partial charge < -0.3 is 20.5 Å². The van der Waals surface area contributed by atoms with Crippen LogP contribution in [0.5, 0.6) is 0 Å². The Labute approximate surface area is 167 Å². The number of ether oxygens (including phenoxy) is 2. The van der Waals surface area contributed by atoms with Crippen molar-refractivity contribution >= 4 is 46.5 Å². The molecule has 0 fully saturated rings. The van der Waals surface area contributed by atoms with Crippen LogP contribution in [-0.4, -0.2) is 31.2 Å². The number of nitrogens with one attached hydrogen (secondary N) is 1. The molecule has 6 nitrogen and oxygen atoms in total. The number of carbonyl (C=O) groups is 2. The maximum Gasteiger partial charge on any atom is 0.326 e. The molecule has 0 radical (unpaired) electrons. The average molecular weight is 411 g/mol. The predicted octanol–water partition coefficient (Wildman–Crippen LogP) is 3.71. The third-order valence-electron chi connectivity index (χ3n) is 3.59. The van der Waals surface area contributed by atoms with E-state index in [4.69, 9.17) is 38.4 Å². The number of rotatable bonds is 8. The van der Waals surface area contributed by atoms with E-state index < -0.39 is 18.0 Å². The van der Waals surface area contributed by atoms with E-state index in [0.717, 1.165) is 0 Å². The van der Waals surface area contributed by atoms with E-state index in [1.165, 1.54) is 0 Å². The third kappa shape index (κ3) is 6.13. The van der Waals surface area contributed by atoms with Gasteiger partial charge >= 0.3 is 11.9 Å². The lowest BCUT2D eigenvalue weighted by Gasteiger charge is -2.15. The molecule has 0 saturated heterocycles. The Bertz CT molecular complexity index is 794. The first-order valence-electron chi connectivity index (χ1n) is 8.29. The van der Waals surface area contributed by atoms with Crippen LogP contribution < -0.4 is 11.1 Å². The van der Waals surface area contributed by atoms with Crippen LogP contribution in [0.2, 0.25) is 10.0 Å². The lowest BCUT2D eigenvalue weighted by atomic mass is 10.1. The first-order valence-corrected chi connectivity index (χ1v) is 9.04. The fourth-order valence-corrected chi connectivity index (χ4v) is 2.75. The summed E-state index contributed by atoms with van der Waals surface area (Å²) in [4.78, 5) is 23.6. The molecule has 0 aliphatic heterocycles. The highest BCUT2D eigenvalue weighted by Gasteiger charge is 2.18. The second-order valence-electron chi connectivity index (χ2n) is 5.60. The number of carbonyl (C=O) groups excluding carboxylic acids is 2. The Hall–Kier alpha value is -2.28. The molecule has 144 valence electrons. The zero-order valence-corrected chi connectivity index (χ0v) is 16.2. The van der Waals surface area contributed by atoms with Crippen molar-refractivity contribution in [2.24, 2.45) is 5.73 Å². The molecule has 0 aliphatic rings. The second kappa shape index (κ2) is 10.2. The van der Waals surface area contributed by atoms with Gasteiger partial charge in [-0.25, -0.2) is 0 Å². The molecule has 8 heteroatoms. The summed E-state index contributed by atoms with van der Waals surface area (Å²) in [5.74, 6) is -1.13. The average Bonchev–Trinajstić information content (AvgIpc) is 2.64. The van der Waals surface area contributed by atoms with Gasteiger partial charge in [0.1, 0.15) is 12.6 Å². The van der Waals surface area contributed by atoms with Gasteiger partial charge in [0.2, 0.25) is 0 Å². The lowest BCUT2D eigenvalue weighted by molar-refractivity contribution is -0.150. The van der Waals surface area contributed by atoms with Crippen molar-refractivity contribution in [1.29, 1.82) is 0 Å². The molecule has 0 saturated carbocycles. The highest BCUT2D eigenvalue weighted by Crippen LogP contribution is 2.33. The molecule has 1 atom stereocenters. The molecule has 0 heterocycles. The standard InChI is InChI=1S/C19H20Cl2N2O4/c1-2-26-19(25)15(22)11-27-17(24)10-12-6-3-4-9-16(12)23-18-13(20)7-5-8-14(18)21/h3-9,15,23H,2,10-11,22H2,1H3/t15-/m0/s1. The van der Waals surface area contributed by atoms with Crippen molar-refractivity contribution in [2.45, 2.75) is 19.4 Å². The van der Waals surface area contributed by atoms with Crippen LogP contribution in [-0.2, 0) is 25.5 Å². The molecule has 2 aromatic carbocycles. The number of anilines is 2. The van der Waals surface area contributed by atoms with Gasteiger partial charge in [-0.3, -0.25) is 9.59 Å². The zero-order chi connectivity index (χ0) is 19.8. The van der Waals surface area contributed by atoms with Crippen LogP contribution in [0.3, 0.4) is 0 Å². The maximum absolute atomic E-state index is 12.1. The minimum absolute atomic E-state index is 0.0131. The molecule has 2 rings (SSSR count). The van der Waals surface area contributed by atoms with Crippen molar-refractivity contribution in [1.82, 2.24) is 0 Å². The van der Waals surface area contributed by atoms with Crippen molar-refractivity contribution in [3.05, 3.63) is 58.1 Å². The summed E-state index contributed by atoms with van der Waals surface area (Å²) in [6, 6.07) is 11.3. The van der Waals surface area contributed by atoms with Crippen molar-refractivity contribution < 1.29 is 19.1 Å². The highest BCUT2D eigenvalue weighted by atomic mass is 35.5. The summed E-state index contributed by atoms with van der Waals surface area (Å²) in [5.41, 5.74) is 7.51. The first-order chi connectivity index (χ1) is 12.9. The van der Waals surface area contributed by atoms with Gasteiger partial charge in [0.15, 0.2) is 0 Å². The van der Waals surface area contributed by atoms with Gasteiger partial charge in [-0.05, 0) is 30.7 Å². The van der Waals surface area contributed by atoms with E-state index in [1.807, 2.05) is 6.07 Å². The quantitative estimate of drug-likeness (QED) is 0.644. The van der Waals surface area contributed by atoms with Crippen molar-refractivity contribution in [3.8, 4) is 0 Å². The van der Waals surface area contributed by atoms with Crippen LogP contribution in [0.1, 0.15) is 12.5 Å². The lowest BCUT2D eigenvalue weighted by Crippen LogP contribution is -2.37. The molecule has 27 heavy (non-hydrogen) atoms. The molecule has 0 spiro atoms. The zero-order valence-electron chi connectivity index (χ0n) is 14.7. The van der Waals surface area contributed by atoms with Gasteiger partial charge in [0.25, 0.3) is 0 Å². The van der Waals surface area contributed by atoms with E-state index in [-0.39, 0.29) is 19.6 Å². The minimum Gasteiger partial charge on any atom is -0.465 e. The number of halogens is 2. The topological polar surface area (TPSA) is 90.7 Å². The molecule has 0 amide bonds. The predicted molar refractivity (Wildman–Crippen MR) is 105 cm³/mol. The largest absolute Gasteiger partial charge is 0.465 e. The molecular weight excluding hydrogens is 391 g/mol. The summed E-state index contributed by atoms with van der Waals surface area (Å²) >= 11 is 12.4. The van der Waals surface area contributed by atoms with Crippen molar-refractivity contribution in [3.63, 3.8) is 0 Å². The summed E-state index contributed by atoms with van der Waals surface area (Å²) in [5, 5.41) is 4.06. The maximum atomic E-state index is 12.1. The summed E-state index contributed by atoms with van der Waals surface area (Å²) in [6.45, 7) is 1.64. The summed E-state index contributed by atoms with van der Waals surface area (Å²) in [7, 11) is 0. The Kier molecular flexibility index (Phi) is 7.91.